The Balaban J connectivity index is 2.13. The first kappa shape index (κ1) is 15.2. The SMILES string of the molecule is CCOC(=O)c1[nH]c2ccc3[nH]cnc3c2c1-c1cccnc1OC. The van der Waals surface area contributed by atoms with E-state index in [1.54, 1.807) is 32.6 Å². The van der Waals surface area contributed by atoms with E-state index in [2.05, 4.69) is 19.9 Å². The van der Waals surface area contributed by atoms with Crippen LogP contribution in [0.15, 0.2) is 36.8 Å². The first-order valence-corrected chi connectivity index (χ1v) is 7.88. The predicted molar refractivity (Wildman–Crippen MR) is 93.7 cm³/mol. The summed E-state index contributed by atoms with van der Waals surface area (Å²) < 4.78 is 10.6. The molecule has 4 aromatic rings. The molecule has 126 valence electrons. The molecule has 0 aliphatic heterocycles. The highest BCUT2D eigenvalue weighted by atomic mass is 16.5. The van der Waals surface area contributed by atoms with E-state index < -0.39 is 5.97 Å². The predicted octanol–water partition coefficient (Wildman–Crippen LogP) is 3.29. The molecule has 0 saturated heterocycles. The summed E-state index contributed by atoms with van der Waals surface area (Å²) in [7, 11) is 1.55. The molecule has 25 heavy (non-hydrogen) atoms. The van der Waals surface area contributed by atoms with Gasteiger partial charge in [0.05, 0.1) is 31.1 Å². The number of benzene rings is 1. The van der Waals surface area contributed by atoms with E-state index in [-0.39, 0.29) is 6.61 Å². The highest BCUT2D eigenvalue weighted by molar-refractivity contribution is 6.17. The van der Waals surface area contributed by atoms with Crippen LogP contribution in [0.5, 0.6) is 5.88 Å². The van der Waals surface area contributed by atoms with Crippen LogP contribution in [0.3, 0.4) is 0 Å². The fourth-order valence-electron chi connectivity index (χ4n) is 3.06. The molecular weight excluding hydrogens is 320 g/mol. The maximum absolute atomic E-state index is 12.5. The number of ether oxygens (including phenoxy) is 2. The molecule has 0 bridgehead atoms. The zero-order valence-corrected chi connectivity index (χ0v) is 13.8. The van der Waals surface area contributed by atoms with E-state index in [1.807, 2.05) is 18.2 Å². The molecule has 0 saturated carbocycles. The number of aromatic nitrogens is 4. The fourth-order valence-corrected chi connectivity index (χ4v) is 3.06. The molecule has 0 aliphatic carbocycles. The molecule has 0 atom stereocenters. The lowest BCUT2D eigenvalue weighted by Crippen LogP contribution is -2.07. The minimum absolute atomic E-state index is 0.287. The van der Waals surface area contributed by atoms with Crippen molar-refractivity contribution in [3.63, 3.8) is 0 Å². The van der Waals surface area contributed by atoms with Gasteiger partial charge < -0.3 is 19.4 Å². The smallest absolute Gasteiger partial charge is 0.355 e. The Kier molecular flexibility index (Phi) is 3.61. The summed E-state index contributed by atoms with van der Waals surface area (Å²) >= 11 is 0. The largest absolute Gasteiger partial charge is 0.481 e. The summed E-state index contributed by atoms with van der Waals surface area (Å²) in [5, 5.41) is 0.827. The molecule has 7 nitrogen and oxygen atoms in total. The average molecular weight is 336 g/mol. The number of imidazole rings is 1. The maximum Gasteiger partial charge on any atom is 0.355 e. The van der Waals surface area contributed by atoms with Gasteiger partial charge in [0, 0.05) is 28.2 Å². The zero-order valence-electron chi connectivity index (χ0n) is 13.8. The lowest BCUT2D eigenvalue weighted by Gasteiger charge is -2.09. The summed E-state index contributed by atoms with van der Waals surface area (Å²) in [5.41, 5.74) is 4.18. The van der Waals surface area contributed by atoms with Crippen LogP contribution < -0.4 is 4.74 Å². The number of H-pyrrole nitrogens is 2. The van der Waals surface area contributed by atoms with Crippen LogP contribution in [0.4, 0.5) is 0 Å². The standard InChI is InChI=1S/C18H16N4O3/c1-3-25-18(23)16-13(10-5-4-8-19-17(10)24-2)14-11(22-16)6-7-12-15(14)21-9-20-12/h4-9,22H,3H2,1-2H3,(H,20,21). The number of fused-ring (bicyclic) bond motifs is 3. The summed E-state index contributed by atoms with van der Waals surface area (Å²) in [6.07, 6.45) is 3.27. The van der Waals surface area contributed by atoms with Crippen molar-refractivity contribution < 1.29 is 14.3 Å². The third kappa shape index (κ3) is 2.32. The molecule has 0 fully saturated rings. The van der Waals surface area contributed by atoms with Crippen LogP contribution in [0, 0.1) is 0 Å². The van der Waals surface area contributed by atoms with Crippen molar-refractivity contribution in [2.45, 2.75) is 6.92 Å². The number of hydrogen-bond donors (Lipinski definition) is 2. The van der Waals surface area contributed by atoms with Gasteiger partial charge in [-0.3, -0.25) is 0 Å². The molecule has 3 heterocycles. The highest BCUT2D eigenvalue weighted by Gasteiger charge is 2.25. The average Bonchev–Trinajstić information content (AvgIpc) is 3.25. The monoisotopic (exact) mass is 336 g/mol. The van der Waals surface area contributed by atoms with E-state index in [1.165, 1.54) is 0 Å². The third-order valence-electron chi connectivity index (χ3n) is 4.06. The molecule has 0 unspecified atom stereocenters. The Morgan fingerprint density at radius 2 is 2.04 bits per heavy atom. The molecule has 0 aliphatic rings. The number of nitrogens with zero attached hydrogens (tertiary/aromatic N) is 2. The van der Waals surface area contributed by atoms with Crippen molar-refractivity contribution >= 4 is 27.9 Å². The van der Waals surface area contributed by atoms with Crippen molar-refractivity contribution in [2.24, 2.45) is 0 Å². The normalized spacial score (nSPS) is 11.1. The number of aromatic amines is 2. The number of nitrogens with one attached hydrogen (secondary N) is 2. The molecular formula is C18H16N4O3. The maximum atomic E-state index is 12.5. The summed E-state index contributed by atoms with van der Waals surface area (Å²) in [5.74, 6) is 0.00443. The van der Waals surface area contributed by atoms with Crippen LogP contribution in [0.1, 0.15) is 17.4 Å². The van der Waals surface area contributed by atoms with Gasteiger partial charge in [0.2, 0.25) is 5.88 Å². The second-order valence-corrected chi connectivity index (χ2v) is 5.44. The number of rotatable bonds is 4. The van der Waals surface area contributed by atoms with Gasteiger partial charge in [0.1, 0.15) is 5.69 Å². The fraction of sp³-hybridized carbons (Fsp3) is 0.167. The number of esters is 1. The molecule has 0 spiro atoms. The number of carbonyl (C=O) groups is 1. The van der Waals surface area contributed by atoms with Gasteiger partial charge in [0.15, 0.2) is 0 Å². The van der Waals surface area contributed by atoms with Crippen molar-refractivity contribution in [3.05, 3.63) is 42.5 Å². The lowest BCUT2D eigenvalue weighted by molar-refractivity contribution is 0.0521. The van der Waals surface area contributed by atoms with Crippen LogP contribution in [0.2, 0.25) is 0 Å². The van der Waals surface area contributed by atoms with E-state index in [4.69, 9.17) is 9.47 Å². The number of pyridine rings is 1. The molecule has 0 amide bonds. The molecule has 1 aromatic carbocycles. The van der Waals surface area contributed by atoms with Crippen LogP contribution >= 0.6 is 0 Å². The van der Waals surface area contributed by atoms with Crippen molar-refractivity contribution in [1.82, 2.24) is 19.9 Å². The van der Waals surface area contributed by atoms with Crippen molar-refractivity contribution in [1.29, 1.82) is 0 Å². The van der Waals surface area contributed by atoms with E-state index in [9.17, 15) is 4.79 Å². The second-order valence-electron chi connectivity index (χ2n) is 5.44. The third-order valence-corrected chi connectivity index (χ3v) is 4.06. The minimum Gasteiger partial charge on any atom is -0.481 e. The Morgan fingerprint density at radius 3 is 2.84 bits per heavy atom. The van der Waals surface area contributed by atoms with Gasteiger partial charge in [-0.05, 0) is 31.2 Å². The van der Waals surface area contributed by atoms with Crippen LogP contribution in [0.25, 0.3) is 33.1 Å². The molecule has 4 rings (SSSR count). The van der Waals surface area contributed by atoms with Crippen LogP contribution in [-0.2, 0) is 4.74 Å². The molecule has 2 N–H and O–H groups in total. The van der Waals surface area contributed by atoms with E-state index in [0.29, 0.717) is 22.7 Å². The molecule has 7 heteroatoms. The lowest BCUT2D eigenvalue weighted by atomic mass is 10.0. The first-order chi connectivity index (χ1) is 12.2. The van der Waals surface area contributed by atoms with Gasteiger partial charge in [0.25, 0.3) is 0 Å². The van der Waals surface area contributed by atoms with Gasteiger partial charge in [-0.1, -0.05) is 0 Å². The summed E-state index contributed by atoms with van der Waals surface area (Å²) in [6, 6.07) is 7.49. The van der Waals surface area contributed by atoms with Gasteiger partial charge in [-0.2, -0.15) is 0 Å². The van der Waals surface area contributed by atoms with E-state index >= 15 is 0 Å². The zero-order chi connectivity index (χ0) is 17.4. The summed E-state index contributed by atoms with van der Waals surface area (Å²) in [4.78, 5) is 27.5. The first-order valence-electron chi connectivity index (χ1n) is 7.88. The van der Waals surface area contributed by atoms with Crippen molar-refractivity contribution in [3.8, 4) is 17.0 Å². The van der Waals surface area contributed by atoms with Gasteiger partial charge in [-0.25, -0.2) is 14.8 Å². The van der Waals surface area contributed by atoms with E-state index in [0.717, 1.165) is 21.9 Å². The molecule has 3 aromatic heterocycles. The number of methoxy groups -OCH3 is 1. The Bertz CT molecular complexity index is 1080. The van der Waals surface area contributed by atoms with Gasteiger partial charge in [-0.15, -0.1) is 0 Å². The highest BCUT2D eigenvalue weighted by Crippen LogP contribution is 2.39. The number of hydrogen-bond acceptors (Lipinski definition) is 5. The quantitative estimate of drug-likeness (QED) is 0.558. The Hall–Kier alpha value is -3.35. The van der Waals surface area contributed by atoms with Crippen LogP contribution in [-0.4, -0.2) is 39.6 Å². The Labute approximate surface area is 143 Å². The topological polar surface area (TPSA) is 92.9 Å². The summed E-state index contributed by atoms with van der Waals surface area (Å²) in [6.45, 7) is 2.06. The number of carbonyl (C=O) groups excluding carboxylic acids is 1. The molecule has 0 radical (unpaired) electrons. The second kappa shape index (κ2) is 5.94. The Morgan fingerprint density at radius 1 is 1.20 bits per heavy atom. The minimum atomic E-state index is -0.428. The van der Waals surface area contributed by atoms with Crippen molar-refractivity contribution in [2.75, 3.05) is 13.7 Å². The van der Waals surface area contributed by atoms with Gasteiger partial charge >= 0.3 is 5.97 Å².